The van der Waals surface area contributed by atoms with Crippen molar-refractivity contribution in [3.8, 4) is 0 Å². The maximum absolute atomic E-state index is 12.4. The summed E-state index contributed by atoms with van der Waals surface area (Å²) in [6.45, 7) is 3.55. The van der Waals surface area contributed by atoms with Crippen LogP contribution in [0.5, 0.6) is 0 Å². The molecule has 0 aliphatic carbocycles. The quantitative estimate of drug-likeness (QED) is 0.510. The number of halogens is 1. The van der Waals surface area contributed by atoms with Gasteiger partial charge in [0, 0.05) is 36.1 Å². The van der Waals surface area contributed by atoms with Crippen LogP contribution in [0.2, 0.25) is 5.02 Å². The van der Waals surface area contributed by atoms with E-state index in [1.165, 1.54) is 11.1 Å². The van der Waals surface area contributed by atoms with Gasteiger partial charge in [0.15, 0.2) is 5.76 Å². The molecule has 5 nitrogen and oxygen atoms in total. The zero-order valence-corrected chi connectivity index (χ0v) is 18.8. The monoisotopic (exact) mass is 456 g/mol. The molecule has 0 saturated heterocycles. The Labute approximate surface area is 189 Å². The Kier molecular flexibility index (Phi) is 7.22. The normalized spacial score (nSPS) is 14.7. The van der Waals surface area contributed by atoms with Crippen molar-refractivity contribution >= 4 is 28.3 Å². The SMILES string of the molecule is O=C(NCCCN1CCc2ccccc2C1)c1ccc(C[S@@](=O)c2ccc(Cl)cc2)o1. The summed E-state index contributed by atoms with van der Waals surface area (Å²) >= 11 is 5.87. The van der Waals surface area contributed by atoms with Crippen LogP contribution in [0.15, 0.2) is 70.0 Å². The molecule has 1 atom stereocenters. The number of benzene rings is 2. The zero-order valence-electron chi connectivity index (χ0n) is 17.2. The molecular formula is C24H25ClN2O3S. The summed E-state index contributed by atoms with van der Waals surface area (Å²) in [4.78, 5) is 15.5. The van der Waals surface area contributed by atoms with Crippen molar-refractivity contribution in [2.75, 3.05) is 19.6 Å². The number of carbonyl (C=O) groups is 1. The smallest absolute Gasteiger partial charge is 0.286 e. The lowest BCUT2D eigenvalue weighted by atomic mass is 10.00. The second-order valence-electron chi connectivity index (χ2n) is 7.61. The van der Waals surface area contributed by atoms with E-state index in [-0.39, 0.29) is 17.4 Å². The highest BCUT2D eigenvalue weighted by Gasteiger charge is 2.16. The average Bonchev–Trinajstić information content (AvgIpc) is 3.25. The summed E-state index contributed by atoms with van der Waals surface area (Å²) in [7, 11) is -1.26. The second kappa shape index (κ2) is 10.3. The molecule has 4 rings (SSSR count). The number of nitrogens with one attached hydrogen (secondary N) is 1. The Morgan fingerprint density at radius 2 is 1.84 bits per heavy atom. The summed E-state index contributed by atoms with van der Waals surface area (Å²) < 4.78 is 18.1. The number of carbonyl (C=O) groups excluding carboxylic acids is 1. The van der Waals surface area contributed by atoms with Gasteiger partial charge in [-0.3, -0.25) is 13.9 Å². The average molecular weight is 457 g/mol. The highest BCUT2D eigenvalue weighted by Crippen LogP contribution is 2.19. The minimum absolute atomic E-state index is 0.214. The van der Waals surface area contributed by atoms with Gasteiger partial charge < -0.3 is 9.73 Å². The Balaban J connectivity index is 1.20. The first-order chi connectivity index (χ1) is 15.1. The predicted octanol–water partition coefficient (Wildman–Crippen LogP) is 4.42. The number of hydrogen-bond acceptors (Lipinski definition) is 4. The third kappa shape index (κ3) is 5.85. The van der Waals surface area contributed by atoms with Crippen LogP contribution >= 0.6 is 11.6 Å². The molecule has 0 bridgehead atoms. The van der Waals surface area contributed by atoms with Crippen molar-refractivity contribution in [3.05, 3.63) is 88.3 Å². The highest BCUT2D eigenvalue weighted by molar-refractivity contribution is 7.84. The number of hydrogen-bond donors (Lipinski definition) is 1. The van der Waals surface area contributed by atoms with Crippen LogP contribution in [0.3, 0.4) is 0 Å². The number of nitrogens with zero attached hydrogens (tertiary/aromatic N) is 1. The molecule has 0 unspecified atom stereocenters. The second-order valence-corrected chi connectivity index (χ2v) is 9.50. The zero-order chi connectivity index (χ0) is 21.6. The molecule has 1 aromatic heterocycles. The standard InChI is InChI=1S/C24H25ClN2O3S/c25-20-6-9-22(10-7-20)31(29)17-21-8-11-23(30-21)24(28)26-13-3-14-27-15-12-18-4-1-2-5-19(18)16-27/h1-2,4-11H,3,12-17H2,(H,26,28)/t31-/m1/s1. The van der Waals surface area contributed by atoms with Crippen molar-refractivity contribution < 1.29 is 13.4 Å². The van der Waals surface area contributed by atoms with Gasteiger partial charge in [-0.2, -0.15) is 0 Å². The van der Waals surface area contributed by atoms with E-state index in [1.54, 1.807) is 36.4 Å². The van der Waals surface area contributed by atoms with Gasteiger partial charge in [-0.1, -0.05) is 35.9 Å². The van der Waals surface area contributed by atoms with Gasteiger partial charge in [0.05, 0.1) is 16.6 Å². The molecule has 0 spiro atoms. The van der Waals surface area contributed by atoms with Gasteiger partial charge in [0.2, 0.25) is 0 Å². The lowest BCUT2D eigenvalue weighted by Crippen LogP contribution is -2.33. The minimum Gasteiger partial charge on any atom is -0.455 e. The molecule has 3 aromatic rings. The van der Waals surface area contributed by atoms with Gasteiger partial charge >= 0.3 is 0 Å². The molecule has 31 heavy (non-hydrogen) atoms. The van der Waals surface area contributed by atoms with Crippen LogP contribution < -0.4 is 5.32 Å². The van der Waals surface area contributed by atoms with Crippen LogP contribution in [-0.4, -0.2) is 34.7 Å². The Bertz CT molecular complexity index is 1060. The van der Waals surface area contributed by atoms with Crippen LogP contribution in [0.25, 0.3) is 0 Å². The fraction of sp³-hybridized carbons (Fsp3) is 0.292. The topological polar surface area (TPSA) is 62.6 Å². The van der Waals surface area contributed by atoms with Crippen molar-refractivity contribution in [3.63, 3.8) is 0 Å². The van der Waals surface area contributed by atoms with Gasteiger partial charge in [-0.15, -0.1) is 0 Å². The molecule has 0 saturated carbocycles. The molecule has 1 aliphatic heterocycles. The van der Waals surface area contributed by atoms with Gasteiger partial charge in [0.1, 0.15) is 5.76 Å². The van der Waals surface area contributed by atoms with Crippen LogP contribution in [0.4, 0.5) is 0 Å². The van der Waals surface area contributed by atoms with Crippen LogP contribution in [0.1, 0.15) is 33.9 Å². The summed E-state index contributed by atoms with van der Waals surface area (Å²) in [6.07, 6.45) is 1.96. The van der Waals surface area contributed by atoms with Crippen molar-refractivity contribution in [2.45, 2.75) is 30.0 Å². The van der Waals surface area contributed by atoms with E-state index in [0.29, 0.717) is 22.2 Å². The first kappa shape index (κ1) is 21.8. The lowest BCUT2D eigenvalue weighted by molar-refractivity contribution is 0.0922. The Hall–Kier alpha value is -2.41. The number of furan rings is 1. The largest absolute Gasteiger partial charge is 0.455 e. The highest BCUT2D eigenvalue weighted by atomic mass is 35.5. The maximum Gasteiger partial charge on any atom is 0.286 e. The summed E-state index contributed by atoms with van der Waals surface area (Å²) in [5, 5.41) is 3.51. The molecule has 1 amide bonds. The fourth-order valence-electron chi connectivity index (χ4n) is 3.71. The third-order valence-electron chi connectivity index (χ3n) is 5.38. The lowest BCUT2D eigenvalue weighted by Gasteiger charge is -2.28. The molecule has 1 N–H and O–H groups in total. The predicted molar refractivity (Wildman–Crippen MR) is 123 cm³/mol. The summed E-state index contributed by atoms with van der Waals surface area (Å²) in [5.41, 5.74) is 2.84. The van der Waals surface area contributed by atoms with Crippen molar-refractivity contribution in [1.29, 1.82) is 0 Å². The molecule has 0 radical (unpaired) electrons. The number of fused-ring (bicyclic) bond motifs is 1. The van der Waals surface area contributed by atoms with E-state index in [9.17, 15) is 9.00 Å². The molecule has 162 valence electrons. The van der Waals surface area contributed by atoms with Crippen molar-refractivity contribution in [2.24, 2.45) is 0 Å². The minimum atomic E-state index is -1.26. The fourth-order valence-corrected chi connectivity index (χ4v) is 4.86. The van der Waals surface area contributed by atoms with Gasteiger partial charge in [-0.05, 0) is 60.4 Å². The molecular weight excluding hydrogens is 432 g/mol. The first-order valence-electron chi connectivity index (χ1n) is 10.4. The first-order valence-corrected chi connectivity index (χ1v) is 12.1. The molecule has 2 heterocycles. The molecule has 0 fully saturated rings. The Morgan fingerprint density at radius 1 is 1.06 bits per heavy atom. The Morgan fingerprint density at radius 3 is 2.65 bits per heavy atom. The van der Waals surface area contributed by atoms with E-state index in [0.717, 1.165) is 32.5 Å². The summed E-state index contributed by atoms with van der Waals surface area (Å²) in [5.74, 6) is 0.735. The van der Waals surface area contributed by atoms with E-state index in [2.05, 4.69) is 34.5 Å². The van der Waals surface area contributed by atoms with Crippen LogP contribution in [-0.2, 0) is 29.5 Å². The van der Waals surface area contributed by atoms with Crippen molar-refractivity contribution in [1.82, 2.24) is 10.2 Å². The van der Waals surface area contributed by atoms with E-state index < -0.39 is 10.8 Å². The van der Waals surface area contributed by atoms with E-state index in [1.807, 2.05) is 0 Å². The maximum atomic E-state index is 12.4. The van der Waals surface area contributed by atoms with Gasteiger partial charge in [-0.25, -0.2) is 0 Å². The summed E-state index contributed by atoms with van der Waals surface area (Å²) in [6, 6.07) is 18.8. The van der Waals surface area contributed by atoms with E-state index in [4.69, 9.17) is 16.0 Å². The van der Waals surface area contributed by atoms with E-state index >= 15 is 0 Å². The number of rotatable bonds is 8. The molecule has 1 aliphatic rings. The number of amides is 1. The molecule has 7 heteroatoms. The third-order valence-corrected chi connectivity index (χ3v) is 6.98. The molecule has 2 aromatic carbocycles. The van der Waals surface area contributed by atoms with Gasteiger partial charge in [0.25, 0.3) is 5.91 Å². The van der Waals surface area contributed by atoms with Crippen LogP contribution in [0, 0.1) is 0 Å².